The van der Waals surface area contributed by atoms with Crippen molar-refractivity contribution in [2.24, 2.45) is 0 Å². The van der Waals surface area contributed by atoms with Gasteiger partial charge in [0.25, 0.3) is 0 Å². The van der Waals surface area contributed by atoms with Gasteiger partial charge in [0.2, 0.25) is 0 Å². The summed E-state index contributed by atoms with van der Waals surface area (Å²) in [5, 5.41) is 3.55. The molecule has 186 valence electrons. The topological polar surface area (TPSA) is 12.0 Å². The summed E-state index contributed by atoms with van der Waals surface area (Å²) in [7, 11) is 0. The van der Waals surface area contributed by atoms with Gasteiger partial charge in [0.1, 0.15) is 0 Å². The van der Waals surface area contributed by atoms with E-state index >= 15 is 0 Å². The summed E-state index contributed by atoms with van der Waals surface area (Å²) in [4.78, 5) is 0. The van der Waals surface area contributed by atoms with Crippen molar-refractivity contribution in [3.63, 3.8) is 0 Å². The Kier molecular flexibility index (Phi) is 5.91. The van der Waals surface area contributed by atoms with Crippen LogP contribution in [0.3, 0.4) is 0 Å². The summed E-state index contributed by atoms with van der Waals surface area (Å²) < 4.78 is 1.07. The van der Waals surface area contributed by atoms with E-state index < -0.39 is 5.41 Å². The number of halogens is 1. The van der Waals surface area contributed by atoms with Crippen molar-refractivity contribution in [3.8, 4) is 22.3 Å². The van der Waals surface area contributed by atoms with E-state index in [9.17, 15) is 0 Å². The molecule has 1 aliphatic carbocycles. The molecule has 0 heterocycles. The first-order chi connectivity index (χ1) is 19.2. The molecule has 1 atom stereocenters. The number of hydrogen-bond acceptors (Lipinski definition) is 1. The molecule has 1 N–H and O–H groups in total. The van der Waals surface area contributed by atoms with Gasteiger partial charge in [-0.25, -0.2) is 0 Å². The van der Waals surface area contributed by atoms with Crippen LogP contribution in [0.15, 0.2) is 156 Å². The number of nitrogens with one attached hydrogen (secondary N) is 1. The van der Waals surface area contributed by atoms with Crippen LogP contribution in [0.25, 0.3) is 22.3 Å². The van der Waals surface area contributed by atoms with Crippen LogP contribution in [0.4, 0.5) is 11.4 Å². The van der Waals surface area contributed by atoms with Gasteiger partial charge in [-0.2, -0.15) is 0 Å². The van der Waals surface area contributed by atoms with Crippen LogP contribution in [0.1, 0.15) is 22.3 Å². The minimum Gasteiger partial charge on any atom is -0.356 e. The molecule has 1 aliphatic rings. The summed E-state index contributed by atoms with van der Waals surface area (Å²) in [6.45, 7) is 0. The van der Waals surface area contributed by atoms with Crippen LogP contribution in [0.5, 0.6) is 0 Å². The Labute approximate surface area is 237 Å². The summed E-state index contributed by atoms with van der Waals surface area (Å²) >= 11 is 3.52. The molecular weight excluding hydrogens is 538 g/mol. The zero-order valence-corrected chi connectivity index (χ0v) is 22.9. The predicted molar refractivity (Wildman–Crippen MR) is 167 cm³/mol. The van der Waals surface area contributed by atoms with Crippen LogP contribution in [-0.4, -0.2) is 0 Å². The fourth-order valence-corrected chi connectivity index (χ4v) is 6.33. The Hall–Kier alpha value is -4.40. The Morgan fingerprint density at radius 1 is 0.436 bits per heavy atom. The maximum atomic E-state index is 3.55. The summed E-state index contributed by atoms with van der Waals surface area (Å²) in [5.74, 6) is 0. The number of rotatable bonds is 5. The highest BCUT2D eigenvalue weighted by Crippen LogP contribution is 2.56. The summed E-state index contributed by atoms with van der Waals surface area (Å²) in [6, 6.07) is 54.7. The highest BCUT2D eigenvalue weighted by atomic mass is 79.9. The molecule has 0 spiro atoms. The van der Waals surface area contributed by atoms with Crippen LogP contribution < -0.4 is 5.32 Å². The maximum absolute atomic E-state index is 3.55. The fraction of sp³-hybridized carbons (Fsp3) is 0.0270. The van der Waals surface area contributed by atoms with Crippen molar-refractivity contribution < 1.29 is 0 Å². The first kappa shape index (κ1) is 23.7. The molecule has 0 aromatic heterocycles. The third-order valence-electron chi connectivity index (χ3n) is 7.81. The molecule has 0 amide bonds. The molecule has 7 rings (SSSR count). The lowest BCUT2D eigenvalue weighted by Gasteiger charge is -2.34. The van der Waals surface area contributed by atoms with Crippen molar-refractivity contribution in [2.75, 3.05) is 5.32 Å². The van der Waals surface area contributed by atoms with E-state index in [0.29, 0.717) is 0 Å². The van der Waals surface area contributed by atoms with Crippen LogP contribution in [-0.2, 0) is 5.41 Å². The summed E-state index contributed by atoms with van der Waals surface area (Å²) in [6.07, 6.45) is 0. The van der Waals surface area contributed by atoms with Gasteiger partial charge in [-0.15, -0.1) is 0 Å². The van der Waals surface area contributed by atoms with Crippen molar-refractivity contribution in [3.05, 3.63) is 178 Å². The number of fused-ring (bicyclic) bond motifs is 3. The molecule has 0 fully saturated rings. The van der Waals surface area contributed by atoms with Crippen LogP contribution >= 0.6 is 15.9 Å². The predicted octanol–water partition coefficient (Wildman–Crippen LogP) is 10.2. The number of anilines is 2. The van der Waals surface area contributed by atoms with Gasteiger partial charge in [-0.3, -0.25) is 0 Å². The van der Waals surface area contributed by atoms with Gasteiger partial charge in [0, 0.05) is 15.8 Å². The zero-order valence-electron chi connectivity index (χ0n) is 21.3. The van der Waals surface area contributed by atoms with E-state index in [1.807, 2.05) is 0 Å². The van der Waals surface area contributed by atoms with Crippen molar-refractivity contribution in [1.29, 1.82) is 0 Å². The molecule has 0 radical (unpaired) electrons. The molecule has 0 aliphatic heterocycles. The molecule has 0 saturated heterocycles. The molecule has 1 unspecified atom stereocenters. The second kappa shape index (κ2) is 9.72. The van der Waals surface area contributed by atoms with Crippen LogP contribution in [0, 0.1) is 0 Å². The molecule has 6 aromatic rings. The second-order valence-corrected chi connectivity index (χ2v) is 10.9. The first-order valence-corrected chi connectivity index (χ1v) is 14.0. The van der Waals surface area contributed by atoms with E-state index in [1.165, 1.54) is 44.5 Å². The molecule has 0 saturated carbocycles. The minimum absolute atomic E-state index is 0.423. The summed E-state index contributed by atoms with van der Waals surface area (Å²) in [5.41, 5.74) is 11.9. The normalized spacial score (nSPS) is 15.4. The van der Waals surface area contributed by atoms with E-state index in [2.05, 4.69) is 173 Å². The Morgan fingerprint density at radius 2 is 1.00 bits per heavy atom. The molecule has 39 heavy (non-hydrogen) atoms. The van der Waals surface area contributed by atoms with Gasteiger partial charge in [0.15, 0.2) is 0 Å². The minimum atomic E-state index is -0.423. The third kappa shape index (κ3) is 4.00. The van der Waals surface area contributed by atoms with Gasteiger partial charge in [-0.05, 0) is 87.0 Å². The van der Waals surface area contributed by atoms with E-state index in [1.54, 1.807) is 0 Å². The standard InChI is InChI=1S/C37H26BrN/c38-30-18-22-32(23-19-30)39-31-20-16-29(17-21-31)37(28-11-5-2-6-12-28)35-14-8-7-13-33(35)34-24-15-27(25-36(34)37)26-9-3-1-4-10-26/h1-25,39H. The zero-order chi connectivity index (χ0) is 26.2. The van der Waals surface area contributed by atoms with E-state index in [0.717, 1.165) is 15.8 Å². The van der Waals surface area contributed by atoms with Crippen molar-refractivity contribution in [1.82, 2.24) is 0 Å². The number of benzene rings is 6. The quantitative estimate of drug-likeness (QED) is 0.219. The van der Waals surface area contributed by atoms with E-state index in [4.69, 9.17) is 0 Å². The lowest BCUT2D eigenvalue weighted by Crippen LogP contribution is -2.28. The Balaban J connectivity index is 1.44. The molecule has 6 aromatic carbocycles. The first-order valence-electron chi connectivity index (χ1n) is 13.2. The molecule has 1 nitrogen and oxygen atoms in total. The highest BCUT2D eigenvalue weighted by molar-refractivity contribution is 9.10. The number of hydrogen-bond donors (Lipinski definition) is 1. The largest absolute Gasteiger partial charge is 0.356 e. The molecule has 0 bridgehead atoms. The SMILES string of the molecule is Brc1ccc(Nc2ccc(C3(c4ccccc4)c4ccccc4-c4ccc(-c5ccccc5)cc43)cc2)cc1. The average Bonchev–Trinajstić information content (AvgIpc) is 3.30. The van der Waals surface area contributed by atoms with Gasteiger partial charge in [-0.1, -0.05) is 125 Å². The molecular formula is C37H26BrN. The van der Waals surface area contributed by atoms with Gasteiger partial charge >= 0.3 is 0 Å². The maximum Gasteiger partial charge on any atom is 0.0713 e. The van der Waals surface area contributed by atoms with Crippen LogP contribution in [0.2, 0.25) is 0 Å². The smallest absolute Gasteiger partial charge is 0.0713 e. The lowest BCUT2D eigenvalue weighted by atomic mass is 9.67. The highest BCUT2D eigenvalue weighted by Gasteiger charge is 2.46. The Morgan fingerprint density at radius 3 is 1.72 bits per heavy atom. The van der Waals surface area contributed by atoms with Gasteiger partial charge in [0.05, 0.1) is 5.41 Å². The second-order valence-electron chi connectivity index (χ2n) is 10.00. The Bertz CT molecular complexity index is 1760. The average molecular weight is 565 g/mol. The molecule has 2 heteroatoms. The van der Waals surface area contributed by atoms with Crippen molar-refractivity contribution in [2.45, 2.75) is 5.41 Å². The van der Waals surface area contributed by atoms with Crippen molar-refractivity contribution >= 4 is 27.3 Å². The van der Waals surface area contributed by atoms with Gasteiger partial charge < -0.3 is 5.32 Å². The van der Waals surface area contributed by atoms with E-state index in [-0.39, 0.29) is 0 Å². The fourth-order valence-electron chi connectivity index (χ4n) is 6.07. The lowest BCUT2D eigenvalue weighted by molar-refractivity contribution is 0.769. The third-order valence-corrected chi connectivity index (χ3v) is 8.34. The monoisotopic (exact) mass is 563 g/mol.